The van der Waals surface area contributed by atoms with Crippen molar-refractivity contribution in [2.24, 2.45) is 0 Å². The van der Waals surface area contributed by atoms with E-state index in [1.165, 1.54) is 11.2 Å². The molecule has 0 aromatic heterocycles. The van der Waals surface area contributed by atoms with E-state index in [4.69, 9.17) is 0 Å². The molecule has 0 radical (unpaired) electrons. The molecule has 0 saturated carbocycles. The maximum Gasteiger partial charge on any atom is 0.243 e. The van der Waals surface area contributed by atoms with E-state index >= 15 is 0 Å². The van der Waals surface area contributed by atoms with Crippen LogP contribution in [0.1, 0.15) is 18.5 Å². The summed E-state index contributed by atoms with van der Waals surface area (Å²) in [7, 11) is -3.61. The molecule has 24 heavy (non-hydrogen) atoms. The van der Waals surface area contributed by atoms with E-state index in [0.29, 0.717) is 13.1 Å². The summed E-state index contributed by atoms with van der Waals surface area (Å²) >= 11 is 0. The third-order valence-electron chi connectivity index (χ3n) is 4.31. The topological polar surface area (TPSA) is 57.7 Å². The Balaban J connectivity index is 2.00. The van der Waals surface area contributed by atoms with Gasteiger partial charge < -0.3 is 4.90 Å². The molecule has 1 amide bonds. The van der Waals surface area contributed by atoms with Gasteiger partial charge in [0.05, 0.1) is 10.9 Å². The number of rotatable bonds is 3. The van der Waals surface area contributed by atoms with Gasteiger partial charge in [-0.25, -0.2) is 8.42 Å². The lowest BCUT2D eigenvalue weighted by molar-refractivity contribution is -0.131. The van der Waals surface area contributed by atoms with Gasteiger partial charge in [-0.1, -0.05) is 48.5 Å². The molecule has 0 N–H and O–H groups in total. The maximum atomic E-state index is 13.1. The van der Waals surface area contributed by atoms with E-state index < -0.39 is 10.0 Å². The van der Waals surface area contributed by atoms with Crippen molar-refractivity contribution in [3.8, 4) is 0 Å². The van der Waals surface area contributed by atoms with Gasteiger partial charge in [0.2, 0.25) is 15.9 Å². The third-order valence-corrected chi connectivity index (χ3v) is 6.23. The second-order valence-corrected chi connectivity index (χ2v) is 7.71. The zero-order chi connectivity index (χ0) is 17.2. The minimum Gasteiger partial charge on any atom is -0.340 e. The summed E-state index contributed by atoms with van der Waals surface area (Å²) in [5.74, 6) is -0.0345. The molecule has 1 atom stereocenters. The van der Waals surface area contributed by atoms with Crippen molar-refractivity contribution in [1.82, 2.24) is 9.21 Å². The van der Waals surface area contributed by atoms with E-state index in [-0.39, 0.29) is 23.4 Å². The summed E-state index contributed by atoms with van der Waals surface area (Å²) in [5.41, 5.74) is 0.892. The zero-order valence-corrected chi connectivity index (χ0v) is 14.3. The smallest absolute Gasteiger partial charge is 0.243 e. The molecule has 5 nitrogen and oxygen atoms in total. The van der Waals surface area contributed by atoms with Gasteiger partial charge in [0.25, 0.3) is 0 Å². The molecule has 2 aromatic rings. The first-order valence-corrected chi connectivity index (χ1v) is 9.31. The first kappa shape index (κ1) is 16.7. The lowest BCUT2D eigenvalue weighted by Gasteiger charge is -2.40. The Morgan fingerprint density at radius 1 is 0.958 bits per heavy atom. The average molecular weight is 344 g/mol. The Kier molecular flexibility index (Phi) is 4.69. The largest absolute Gasteiger partial charge is 0.340 e. The van der Waals surface area contributed by atoms with Crippen LogP contribution < -0.4 is 0 Å². The molecular weight excluding hydrogens is 324 g/mol. The molecule has 0 aliphatic carbocycles. The van der Waals surface area contributed by atoms with E-state index in [0.717, 1.165) is 5.56 Å². The number of nitrogens with zero attached hydrogens (tertiary/aromatic N) is 2. The SMILES string of the molecule is CC(=O)N1CCN(S(=O)(=O)c2ccccc2)[C@H](c2ccccc2)C1. The van der Waals surface area contributed by atoms with Gasteiger partial charge in [0, 0.05) is 26.6 Å². The van der Waals surface area contributed by atoms with Crippen LogP contribution >= 0.6 is 0 Å². The summed E-state index contributed by atoms with van der Waals surface area (Å²) in [4.78, 5) is 13.7. The van der Waals surface area contributed by atoms with Crippen molar-refractivity contribution in [3.05, 3.63) is 66.2 Å². The Bertz CT molecular complexity index is 807. The van der Waals surface area contributed by atoms with E-state index in [9.17, 15) is 13.2 Å². The molecule has 1 fully saturated rings. The van der Waals surface area contributed by atoms with Crippen molar-refractivity contribution in [2.75, 3.05) is 19.6 Å². The molecule has 6 heteroatoms. The monoisotopic (exact) mass is 344 g/mol. The fraction of sp³-hybridized carbons (Fsp3) is 0.278. The van der Waals surface area contributed by atoms with Crippen LogP contribution in [0.15, 0.2) is 65.6 Å². The second-order valence-electron chi connectivity index (χ2n) is 5.82. The Labute approximate surface area is 142 Å². The van der Waals surface area contributed by atoms with Crippen LogP contribution in [0.2, 0.25) is 0 Å². The number of benzene rings is 2. The third kappa shape index (κ3) is 3.20. The van der Waals surface area contributed by atoms with E-state index in [1.807, 2.05) is 30.3 Å². The number of piperazine rings is 1. The molecule has 1 aliphatic rings. The molecular formula is C18H20N2O3S. The van der Waals surface area contributed by atoms with E-state index in [1.54, 1.807) is 35.2 Å². The van der Waals surface area contributed by atoms with Gasteiger partial charge in [0.15, 0.2) is 0 Å². The molecule has 0 unspecified atom stereocenters. The summed E-state index contributed by atoms with van der Waals surface area (Å²) in [6.07, 6.45) is 0. The Morgan fingerprint density at radius 3 is 2.12 bits per heavy atom. The number of carbonyl (C=O) groups is 1. The highest BCUT2D eigenvalue weighted by Gasteiger charge is 2.37. The molecule has 1 heterocycles. The normalized spacial score (nSPS) is 19.2. The first-order chi connectivity index (χ1) is 11.5. The van der Waals surface area contributed by atoms with Crippen molar-refractivity contribution < 1.29 is 13.2 Å². The number of amides is 1. The van der Waals surface area contributed by atoms with Gasteiger partial charge in [-0.3, -0.25) is 4.79 Å². The van der Waals surface area contributed by atoms with Crippen LogP contribution in [-0.2, 0) is 14.8 Å². The minimum atomic E-state index is -3.61. The Morgan fingerprint density at radius 2 is 1.54 bits per heavy atom. The van der Waals surface area contributed by atoms with Crippen LogP contribution in [0, 0.1) is 0 Å². The van der Waals surface area contributed by atoms with Crippen LogP contribution in [0.25, 0.3) is 0 Å². The quantitative estimate of drug-likeness (QED) is 0.858. The lowest BCUT2D eigenvalue weighted by Crippen LogP contribution is -2.51. The molecule has 0 bridgehead atoms. The number of sulfonamides is 1. The van der Waals surface area contributed by atoms with Crippen LogP contribution in [0.4, 0.5) is 0 Å². The lowest BCUT2D eigenvalue weighted by atomic mass is 10.0. The summed E-state index contributed by atoms with van der Waals surface area (Å²) < 4.78 is 27.7. The maximum absolute atomic E-state index is 13.1. The fourth-order valence-corrected chi connectivity index (χ4v) is 4.63. The number of carbonyl (C=O) groups excluding carboxylic acids is 1. The highest BCUT2D eigenvalue weighted by atomic mass is 32.2. The highest BCUT2D eigenvalue weighted by Crippen LogP contribution is 2.31. The van der Waals surface area contributed by atoms with Crippen molar-refractivity contribution in [3.63, 3.8) is 0 Å². The second kappa shape index (κ2) is 6.75. The highest BCUT2D eigenvalue weighted by molar-refractivity contribution is 7.89. The predicted molar refractivity (Wildman–Crippen MR) is 91.8 cm³/mol. The first-order valence-electron chi connectivity index (χ1n) is 7.87. The van der Waals surface area contributed by atoms with Crippen LogP contribution in [-0.4, -0.2) is 43.2 Å². The summed E-state index contributed by atoms with van der Waals surface area (Å²) in [6, 6.07) is 17.5. The van der Waals surface area contributed by atoms with Crippen LogP contribution in [0.3, 0.4) is 0 Å². The molecule has 0 spiro atoms. The molecule has 3 rings (SSSR count). The molecule has 126 valence electrons. The van der Waals surface area contributed by atoms with Gasteiger partial charge >= 0.3 is 0 Å². The van der Waals surface area contributed by atoms with Crippen molar-refractivity contribution >= 4 is 15.9 Å². The van der Waals surface area contributed by atoms with Crippen LogP contribution in [0.5, 0.6) is 0 Å². The fourth-order valence-electron chi connectivity index (χ4n) is 3.01. The molecule has 1 saturated heterocycles. The standard InChI is InChI=1S/C18H20N2O3S/c1-15(21)19-12-13-20(18(14-19)16-8-4-2-5-9-16)24(22,23)17-10-6-3-7-11-17/h2-11,18H,12-14H2,1H3/t18-/m0/s1. The average Bonchev–Trinajstić information content (AvgIpc) is 2.62. The van der Waals surface area contributed by atoms with Crippen molar-refractivity contribution in [2.45, 2.75) is 17.9 Å². The van der Waals surface area contributed by atoms with Gasteiger partial charge in [-0.05, 0) is 17.7 Å². The van der Waals surface area contributed by atoms with Gasteiger partial charge in [-0.15, -0.1) is 0 Å². The predicted octanol–water partition coefficient (Wildman–Crippen LogP) is 2.28. The summed E-state index contributed by atoms with van der Waals surface area (Å²) in [5, 5.41) is 0. The van der Waals surface area contributed by atoms with Gasteiger partial charge in [0.1, 0.15) is 0 Å². The zero-order valence-electron chi connectivity index (χ0n) is 13.5. The van der Waals surface area contributed by atoms with Gasteiger partial charge in [-0.2, -0.15) is 4.31 Å². The van der Waals surface area contributed by atoms with E-state index in [2.05, 4.69) is 0 Å². The van der Waals surface area contributed by atoms with Crippen molar-refractivity contribution in [1.29, 1.82) is 0 Å². The number of hydrogen-bond donors (Lipinski definition) is 0. The molecule has 1 aliphatic heterocycles. The molecule has 2 aromatic carbocycles. The minimum absolute atomic E-state index is 0.0345. The number of hydrogen-bond acceptors (Lipinski definition) is 3. The summed E-state index contributed by atoms with van der Waals surface area (Å²) in [6.45, 7) is 2.58. The Hall–Kier alpha value is -2.18.